The molecule has 3 aromatic rings. The molecule has 1 amide bonds. The van der Waals surface area contributed by atoms with Gasteiger partial charge in [0, 0.05) is 25.2 Å². The number of para-hydroxylation sites is 1. The number of nitrogens with zero attached hydrogens (tertiary/aromatic N) is 4. The fraction of sp³-hybridized carbons (Fsp3) is 0.250. The Labute approximate surface area is 152 Å². The number of carbonyl (C=O) groups is 1. The molecule has 1 aliphatic heterocycles. The van der Waals surface area contributed by atoms with Gasteiger partial charge < -0.3 is 9.64 Å². The summed E-state index contributed by atoms with van der Waals surface area (Å²) >= 11 is 0. The van der Waals surface area contributed by atoms with Gasteiger partial charge in [-0.25, -0.2) is 9.67 Å². The Kier molecular flexibility index (Phi) is 4.39. The van der Waals surface area contributed by atoms with Crippen LogP contribution in [0.25, 0.3) is 5.69 Å². The third kappa shape index (κ3) is 3.18. The van der Waals surface area contributed by atoms with E-state index in [-0.39, 0.29) is 12.0 Å². The summed E-state index contributed by atoms with van der Waals surface area (Å²) in [6, 6.07) is 15.4. The average Bonchev–Trinajstić information content (AvgIpc) is 3.30. The number of hydrogen-bond donors (Lipinski definition) is 0. The highest BCUT2D eigenvalue weighted by Crippen LogP contribution is 2.21. The largest absolute Gasteiger partial charge is 0.472 e. The molecule has 2 aromatic heterocycles. The molecule has 0 aliphatic carbocycles. The van der Waals surface area contributed by atoms with Gasteiger partial charge in [0.05, 0.1) is 29.7 Å². The summed E-state index contributed by atoms with van der Waals surface area (Å²) < 4.78 is 7.67. The lowest BCUT2D eigenvalue weighted by molar-refractivity contribution is 0.0770. The molecule has 4 rings (SSSR count). The molecule has 1 atom stereocenters. The van der Waals surface area contributed by atoms with Crippen LogP contribution in [-0.4, -0.2) is 44.8 Å². The number of aromatic nitrogens is 3. The van der Waals surface area contributed by atoms with Gasteiger partial charge in [0.15, 0.2) is 0 Å². The number of carbonyl (C=O) groups excluding carboxylic acids is 1. The van der Waals surface area contributed by atoms with E-state index in [2.05, 4.69) is 10.1 Å². The van der Waals surface area contributed by atoms with Crippen LogP contribution in [0.1, 0.15) is 22.5 Å². The Morgan fingerprint density at radius 2 is 1.96 bits per heavy atom. The third-order valence-corrected chi connectivity index (χ3v) is 4.60. The monoisotopic (exact) mass is 348 g/mol. The molecule has 6 nitrogen and oxygen atoms in total. The molecule has 1 fully saturated rings. The number of likely N-dealkylation sites (tertiary alicyclic amines) is 1. The number of rotatable bonds is 4. The Hall–Kier alpha value is -3.15. The predicted octanol–water partition coefficient (Wildman–Crippen LogP) is 2.87. The lowest BCUT2D eigenvalue weighted by Crippen LogP contribution is -2.31. The summed E-state index contributed by atoms with van der Waals surface area (Å²) in [5.41, 5.74) is 2.42. The first-order chi connectivity index (χ1) is 12.7. The molecule has 0 N–H and O–H groups in total. The van der Waals surface area contributed by atoms with Crippen molar-refractivity contribution in [3.05, 3.63) is 72.2 Å². The second-order valence-corrected chi connectivity index (χ2v) is 6.34. The zero-order valence-corrected chi connectivity index (χ0v) is 14.6. The van der Waals surface area contributed by atoms with Crippen LogP contribution in [0.15, 0.2) is 60.9 Å². The molecule has 1 unspecified atom stereocenters. The second-order valence-electron chi connectivity index (χ2n) is 6.34. The lowest BCUT2D eigenvalue weighted by Gasteiger charge is -2.17. The van der Waals surface area contributed by atoms with Crippen LogP contribution in [0.3, 0.4) is 0 Å². The van der Waals surface area contributed by atoms with Crippen LogP contribution < -0.4 is 4.74 Å². The highest BCUT2D eigenvalue weighted by atomic mass is 16.5. The number of pyridine rings is 1. The van der Waals surface area contributed by atoms with Crippen molar-refractivity contribution >= 4 is 5.91 Å². The van der Waals surface area contributed by atoms with Gasteiger partial charge in [-0.05, 0) is 25.1 Å². The molecule has 1 aromatic carbocycles. The highest BCUT2D eigenvalue weighted by molar-refractivity contribution is 5.95. The van der Waals surface area contributed by atoms with Crippen molar-refractivity contribution in [1.82, 2.24) is 19.7 Å². The molecule has 26 heavy (non-hydrogen) atoms. The van der Waals surface area contributed by atoms with E-state index in [9.17, 15) is 4.79 Å². The molecule has 132 valence electrons. The van der Waals surface area contributed by atoms with Crippen molar-refractivity contribution in [1.29, 1.82) is 0 Å². The molecule has 0 bridgehead atoms. The summed E-state index contributed by atoms with van der Waals surface area (Å²) in [6.45, 7) is 3.16. The molecule has 1 saturated heterocycles. The number of benzene rings is 1. The molecule has 0 radical (unpaired) electrons. The molecule has 0 spiro atoms. The van der Waals surface area contributed by atoms with Crippen molar-refractivity contribution in [3.63, 3.8) is 0 Å². The molecule has 1 aliphatic rings. The minimum absolute atomic E-state index is 0.00296. The smallest absolute Gasteiger partial charge is 0.257 e. The molecular weight excluding hydrogens is 328 g/mol. The van der Waals surface area contributed by atoms with Gasteiger partial charge in [0.25, 0.3) is 5.91 Å². The number of ether oxygens (including phenoxy) is 1. The maximum atomic E-state index is 12.9. The first kappa shape index (κ1) is 16.3. The minimum Gasteiger partial charge on any atom is -0.472 e. The van der Waals surface area contributed by atoms with Crippen molar-refractivity contribution < 1.29 is 9.53 Å². The summed E-state index contributed by atoms with van der Waals surface area (Å²) in [6.07, 6.45) is 4.12. The van der Waals surface area contributed by atoms with Crippen LogP contribution in [0.2, 0.25) is 0 Å². The van der Waals surface area contributed by atoms with Gasteiger partial charge >= 0.3 is 0 Å². The molecule has 6 heteroatoms. The van der Waals surface area contributed by atoms with E-state index in [1.54, 1.807) is 17.1 Å². The van der Waals surface area contributed by atoms with E-state index in [0.717, 1.165) is 17.8 Å². The maximum Gasteiger partial charge on any atom is 0.257 e. The summed E-state index contributed by atoms with van der Waals surface area (Å²) in [4.78, 5) is 18.9. The van der Waals surface area contributed by atoms with Gasteiger partial charge in [-0.1, -0.05) is 24.3 Å². The fourth-order valence-electron chi connectivity index (χ4n) is 3.22. The fourth-order valence-corrected chi connectivity index (χ4v) is 3.22. The van der Waals surface area contributed by atoms with E-state index < -0.39 is 0 Å². The Morgan fingerprint density at radius 1 is 1.15 bits per heavy atom. The standard InChI is InChI=1S/C20H20N4O2/c1-15-18(13-22-24(15)16-7-3-2-4-8-16)20(25)23-12-10-17(14-23)26-19-9-5-6-11-21-19/h2-9,11,13,17H,10,12,14H2,1H3. The van der Waals surface area contributed by atoms with Crippen molar-refractivity contribution in [2.45, 2.75) is 19.4 Å². The van der Waals surface area contributed by atoms with Crippen LogP contribution in [0.5, 0.6) is 5.88 Å². The van der Waals surface area contributed by atoms with Crippen LogP contribution >= 0.6 is 0 Å². The van der Waals surface area contributed by atoms with Gasteiger partial charge in [0.1, 0.15) is 6.10 Å². The molecular formula is C20H20N4O2. The van der Waals surface area contributed by atoms with Gasteiger partial charge in [-0.2, -0.15) is 5.10 Å². The number of hydrogen-bond acceptors (Lipinski definition) is 4. The zero-order chi connectivity index (χ0) is 17.9. The van der Waals surface area contributed by atoms with E-state index in [0.29, 0.717) is 24.5 Å². The average molecular weight is 348 g/mol. The topological polar surface area (TPSA) is 60.3 Å². The van der Waals surface area contributed by atoms with Crippen molar-refractivity contribution in [2.75, 3.05) is 13.1 Å². The number of amides is 1. The van der Waals surface area contributed by atoms with Gasteiger partial charge in [-0.15, -0.1) is 0 Å². The van der Waals surface area contributed by atoms with Crippen molar-refractivity contribution in [2.24, 2.45) is 0 Å². The minimum atomic E-state index is -0.0293. The SMILES string of the molecule is Cc1c(C(=O)N2CCC(Oc3ccccn3)C2)cnn1-c1ccccc1. The third-order valence-electron chi connectivity index (χ3n) is 4.60. The van der Waals surface area contributed by atoms with E-state index in [1.165, 1.54) is 0 Å². The summed E-state index contributed by atoms with van der Waals surface area (Å²) in [5, 5.41) is 4.39. The van der Waals surface area contributed by atoms with Crippen LogP contribution in [-0.2, 0) is 0 Å². The van der Waals surface area contributed by atoms with Crippen LogP contribution in [0.4, 0.5) is 0 Å². The quantitative estimate of drug-likeness (QED) is 0.727. The Morgan fingerprint density at radius 3 is 2.73 bits per heavy atom. The van der Waals surface area contributed by atoms with E-state index in [1.807, 2.05) is 60.4 Å². The van der Waals surface area contributed by atoms with Gasteiger partial charge in [-0.3, -0.25) is 4.79 Å². The lowest BCUT2D eigenvalue weighted by atomic mass is 10.2. The van der Waals surface area contributed by atoms with E-state index >= 15 is 0 Å². The molecule has 3 heterocycles. The molecule has 0 saturated carbocycles. The maximum absolute atomic E-state index is 12.9. The normalized spacial score (nSPS) is 16.7. The highest BCUT2D eigenvalue weighted by Gasteiger charge is 2.30. The first-order valence-corrected chi connectivity index (χ1v) is 8.69. The Balaban J connectivity index is 1.46. The summed E-state index contributed by atoms with van der Waals surface area (Å²) in [5.74, 6) is 0.594. The van der Waals surface area contributed by atoms with E-state index in [4.69, 9.17) is 4.74 Å². The predicted molar refractivity (Wildman–Crippen MR) is 97.5 cm³/mol. The van der Waals surface area contributed by atoms with Crippen molar-refractivity contribution in [3.8, 4) is 11.6 Å². The van der Waals surface area contributed by atoms with Crippen LogP contribution in [0, 0.1) is 6.92 Å². The first-order valence-electron chi connectivity index (χ1n) is 8.69. The zero-order valence-electron chi connectivity index (χ0n) is 14.6. The Bertz CT molecular complexity index is 893. The summed E-state index contributed by atoms with van der Waals surface area (Å²) in [7, 11) is 0. The van der Waals surface area contributed by atoms with Gasteiger partial charge in [0.2, 0.25) is 5.88 Å². The second kappa shape index (κ2) is 7.00.